The minimum atomic E-state index is -0.108. The standard InChI is InChI=1S/C27H25NO2/c1-17-8-12-23(13-9-17)28-16-22-14-21-11-10-20(18(2)29)15-24(21)25(26(22)27(28)30)19-6-4-3-5-7-19/h3-13,15,22,25-26H,14,16H2,1-2H3. The van der Waals surface area contributed by atoms with Crippen molar-refractivity contribution in [3.63, 3.8) is 0 Å². The highest BCUT2D eigenvalue weighted by atomic mass is 16.2. The van der Waals surface area contributed by atoms with Crippen molar-refractivity contribution >= 4 is 17.4 Å². The lowest BCUT2D eigenvalue weighted by atomic mass is 9.67. The van der Waals surface area contributed by atoms with Gasteiger partial charge in [-0.1, -0.05) is 60.2 Å². The average Bonchev–Trinajstić information content (AvgIpc) is 3.08. The van der Waals surface area contributed by atoms with Crippen LogP contribution in [0.3, 0.4) is 0 Å². The zero-order valence-electron chi connectivity index (χ0n) is 17.3. The van der Waals surface area contributed by atoms with Gasteiger partial charge in [0.15, 0.2) is 5.78 Å². The van der Waals surface area contributed by atoms with Gasteiger partial charge in [0.05, 0.1) is 5.92 Å². The van der Waals surface area contributed by atoms with Crippen molar-refractivity contribution in [2.24, 2.45) is 11.8 Å². The number of aryl methyl sites for hydroxylation is 1. The molecule has 1 aliphatic heterocycles. The van der Waals surface area contributed by atoms with E-state index in [0.717, 1.165) is 29.8 Å². The van der Waals surface area contributed by atoms with Crippen molar-refractivity contribution in [3.8, 4) is 0 Å². The predicted octanol–water partition coefficient (Wildman–Crippen LogP) is 5.16. The van der Waals surface area contributed by atoms with E-state index in [0.29, 0.717) is 5.56 Å². The molecule has 0 aromatic heterocycles. The molecule has 0 N–H and O–H groups in total. The van der Waals surface area contributed by atoms with E-state index < -0.39 is 0 Å². The molecule has 0 radical (unpaired) electrons. The average molecular weight is 396 g/mol. The summed E-state index contributed by atoms with van der Waals surface area (Å²) >= 11 is 0. The monoisotopic (exact) mass is 395 g/mol. The van der Waals surface area contributed by atoms with E-state index >= 15 is 0 Å². The highest BCUT2D eigenvalue weighted by Gasteiger charge is 2.49. The van der Waals surface area contributed by atoms with Gasteiger partial charge in [0.1, 0.15) is 0 Å². The third-order valence-corrected chi connectivity index (χ3v) is 6.71. The van der Waals surface area contributed by atoms with Gasteiger partial charge >= 0.3 is 0 Å². The number of benzene rings is 3. The van der Waals surface area contributed by atoms with Gasteiger partial charge < -0.3 is 4.90 Å². The molecule has 3 atom stereocenters. The zero-order valence-corrected chi connectivity index (χ0v) is 17.3. The van der Waals surface area contributed by atoms with Gasteiger partial charge in [-0.05, 0) is 61.1 Å². The summed E-state index contributed by atoms with van der Waals surface area (Å²) in [5.41, 5.74) is 6.42. The summed E-state index contributed by atoms with van der Waals surface area (Å²) in [4.78, 5) is 27.7. The number of carbonyl (C=O) groups excluding carboxylic acids is 2. The second-order valence-corrected chi connectivity index (χ2v) is 8.63. The molecule has 0 spiro atoms. The quantitative estimate of drug-likeness (QED) is 0.574. The Labute approximate surface area is 177 Å². The largest absolute Gasteiger partial charge is 0.312 e. The first-order chi connectivity index (χ1) is 14.5. The molecule has 0 saturated carbocycles. The molecule has 3 unspecified atom stereocenters. The van der Waals surface area contributed by atoms with Crippen LogP contribution in [0.2, 0.25) is 0 Å². The van der Waals surface area contributed by atoms with Gasteiger partial charge in [-0.3, -0.25) is 9.59 Å². The Morgan fingerprint density at radius 1 is 0.967 bits per heavy atom. The van der Waals surface area contributed by atoms with E-state index in [-0.39, 0.29) is 29.4 Å². The van der Waals surface area contributed by atoms with E-state index in [1.807, 2.05) is 47.4 Å². The molecule has 2 aliphatic rings. The molecule has 5 rings (SSSR count). The summed E-state index contributed by atoms with van der Waals surface area (Å²) in [5, 5.41) is 0. The van der Waals surface area contributed by atoms with Crippen molar-refractivity contribution in [3.05, 3.63) is 101 Å². The van der Waals surface area contributed by atoms with Crippen LogP contribution in [0.4, 0.5) is 5.69 Å². The summed E-state index contributed by atoms with van der Waals surface area (Å²) in [6, 6.07) is 24.5. The number of hydrogen-bond acceptors (Lipinski definition) is 2. The predicted molar refractivity (Wildman–Crippen MR) is 119 cm³/mol. The van der Waals surface area contributed by atoms with Crippen LogP contribution in [0, 0.1) is 18.8 Å². The number of rotatable bonds is 3. The molecular weight excluding hydrogens is 370 g/mol. The third-order valence-electron chi connectivity index (χ3n) is 6.71. The molecule has 0 bridgehead atoms. The molecule has 3 nitrogen and oxygen atoms in total. The maximum Gasteiger partial charge on any atom is 0.231 e. The van der Waals surface area contributed by atoms with E-state index in [1.54, 1.807) is 6.92 Å². The maximum absolute atomic E-state index is 13.7. The van der Waals surface area contributed by atoms with Crippen molar-refractivity contribution in [2.75, 3.05) is 11.4 Å². The van der Waals surface area contributed by atoms with Crippen LogP contribution >= 0.6 is 0 Å². The van der Waals surface area contributed by atoms with Gasteiger partial charge in [-0.25, -0.2) is 0 Å². The molecule has 3 heteroatoms. The Balaban J connectivity index is 1.62. The molecule has 150 valence electrons. The zero-order chi connectivity index (χ0) is 20.8. The lowest BCUT2D eigenvalue weighted by Crippen LogP contribution is -2.33. The maximum atomic E-state index is 13.7. The Bertz CT molecular complexity index is 1120. The SMILES string of the molecule is CC(=O)c1ccc2c(c1)C(c1ccccc1)C1C(=O)N(c3ccc(C)cc3)CC1C2. The van der Waals surface area contributed by atoms with E-state index in [1.165, 1.54) is 11.1 Å². The van der Waals surface area contributed by atoms with Crippen molar-refractivity contribution in [1.82, 2.24) is 0 Å². The van der Waals surface area contributed by atoms with Crippen LogP contribution in [-0.4, -0.2) is 18.2 Å². The summed E-state index contributed by atoms with van der Waals surface area (Å²) < 4.78 is 0. The fourth-order valence-corrected chi connectivity index (χ4v) is 5.20. The first-order valence-corrected chi connectivity index (χ1v) is 10.6. The highest BCUT2D eigenvalue weighted by Crippen LogP contribution is 2.48. The Morgan fingerprint density at radius 3 is 2.40 bits per heavy atom. The number of nitrogens with zero attached hydrogens (tertiary/aromatic N) is 1. The minimum absolute atomic E-state index is 0.0257. The first-order valence-electron chi connectivity index (χ1n) is 10.6. The van der Waals surface area contributed by atoms with Crippen molar-refractivity contribution in [2.45, 2.75) is 26.2 Å². The normalized spacial score (nSPS) is 22.5. The number of Topliss-reactive ketones (excluding diaryl/α,β-unsaturated/α-hetero) is 1. The lowest BCUT2D eigenvalue weighted by molar-refractivity contribution is -0.121. The van der Waals surface area contributed by atoms with Crippen molar-refractivity contribution in [1.29, 1.82) is 0 Å². The summed E-state index contributed by atoms with van der Waals surface area (Å²) in [7, 11) is 0. The smallest absolute Gasteiger partial charge is 0.231 e. The van der Waals surface area contributed by atoms with Gasteiger partial charge in [-0.2, -0.15) is 0 Å². The topological polar surface area (TPSA) is 37.4 Å². The van der Waals surface area contributed by atoms with Gasteiger partial charge in [0.25, 0.3) is 0 Å². The van der Waals surface area contributed by atoms with Crippen LogP contribution in [-0.2, 0) is 11.2 Å². The number of ketones is 1. The molecule has 30 heavy (non-hydrogen) atoms. The fraction of sp³-hybridized carbons (Fsp3) is 0.259. The van der Waals surface area contributed by atoms with Crippen LogP contribution < -0.4 is 4.90 Å². The van der Waals surface area contributed by atoms with Gasteiger partial charge in [0, 0.05) is 23.7 Å². The van der Waals surface area contributed by atoms with Crippen LogP contribution in [0.25, 0.3) is 0 Å². The fourth-order valence-electron chi connectivity index (χ4n) is 5.20. The number of carbonyl (C=O) groups is 2. The van der Waals surface area contributed by atoms with E-state index in [4.69, 9.17) is 0 Å². The van der Waals surface area contributed by atoms with Gasteiger partial charge in [0.2, 0.25) is 5.91 Å². The number of anilines is 1. The van der Waals surface area contributed by atoms with E-state index in [9.17, 15) is 9.59 Å². The molecule has 3 aromatic carbocycles. The lowest BCUT2D eigenvalue weighted by Gasteiger charge is -2.34. The summed E-state index contributed by atoms with van der Waals surface area (Å²) in [6.45, 7) is 4.40. The summed E-state index contributed by atoms with van der Waals surface area (Å²) in [6.07, 6.45) is 0.871. The highest BCUT2D eigenvalue weighted by molar-refractivity contribution is 5.99. The molecule has 1 aliphatic carbocycles. The third kappa shape index (κ3) is 3.06. The number of amides is 1. The van der Waals surface area contributed by atoms with E-state index in [2.05, 4.69) is 37.3 Å². The second kappa shape index (κ2) is 7.24. The van der Waals surface area contributed by atoms with Crippen LogP contribution in [0.15, 0.2) is 72.8 Å². The first kappa shape index (κ1) is 18.8. The number of fused-ring (bicyclic) bond motifs is 2. The molecule has 1 heterocycles. The van der Waals surface area contributed by atoms with Gasteiger partial charge in [-0.15, -0.1) is 0 Å². The van der Waals surface area contributed by atoms with Crippen LogP contribution in [0.5, 0.6) is 0 Å². The minimum Gasteiger partial charge on any atom is -0.312 e. The second-order valence-electron chi connectivity index (χ2n) is 8.63. The Hall–Kier alpha value is -3.20. The Morgan fingerprint density at radius 2 is 1.70 bits per heavy atom. The molecule has 1 amide bonds. The van der Waals surface area contributed by atoms with Crippen LogP contribution in [0.1, 0.15) is 45.5 Å². The molecule has 3 aromatic rings. The molecule has 1 saturated heterocycles. The molecule has 1 fully saturated rings. The van der Waals surface area contributed by atoms with Crippen molar-refractivity contribution < 1.29 is 9.59 Å². The molecular formula is C27H25NO2. The summed E-state index contributed by atoms with van der Waals surface area (Å²) in [5.74, 6) is 0.382. The number of hydrogen-bond donors (Lipinski definition) is 0. The Kier molecular flexibility index (Phi) is 4.54.